The van der Waals surface area contributed by atoms with Gasteiger partial charge in [-0.1, -0.05) is 57.9 Å². The second-order valence-electron chi connectivity index (χ2n) is 9.84. The third kappa shape index (κ3) is 11.4. The summed E-state index contributed by atoms with van der Waals surface area (Å²) < 4.78 is 22.3. The van der Waals surface area contributed by atoms with E-state index in [0.29, 0.717) is 25.1 Å². The van der Waals surface area contributed by atoms with Gasteiger partial charge in [-0.05, 0) is 49.3 Å². The molecular formula is C30H44O8. The lowest BCUT2D eigenvalue weighted by atomic mass is 9.84. The number of carbonyl (C=O) groups is 2. The summed E-state index contributed by atoms with van der Waals surface area (Å²) in [4.78, 5) is 23.8. The van der Waals surface area contributed by atoms with Gasteiger partial charge < -0.3 is 29.2 Å². The molecule has 1 aromatic rings. The van der Waals surface area contributed by atoms with E-state index < -0.39 is 31.1 Å². The van der Waals surface area contributed by atoms with Gasteiger partial charge in [0.05, 0.1) is 43.0 Å². The van der Waals surface area contributed by atoms with Crippen LogP contribution in [0.4, 0.5) is 0 Å². The van der Waals surface area contributed by atoms with Crippen LogP contribution in [0.15, 0.2) is 48.6 Å². The van der Waals surface area contributed by atoms with Gasteiger partial charge in [0.15, 0.2) is 0 Å². The Hall–Kier alpha value is -2.68. The zero-order valence-corrected chi connectivity index (χ0v) is 22.7. The molecule has 212 valence electrons. The van der Waals surface area contributed by atoms with Crippen LogP contribution in [0.3, 0.4) is 0 Å². The van der Waals surface area contributed by atoms with Crippen LogP contribution in [0.1, 0.15) is 69.8 Å². The Morgan fingerprint density at radius 1 is 0.895 bits per heavy atom. The Balaban J connectivity index is 1.80. The Labute approximate surface area is 226 Å². The van der Waals surface area contributed by atoms with Crippen molar-refractivity contribution in [2.75, 3.05) is 39.6 Å². The van der Waals surface area contributed by atoms with Crippen LogP contribution >= 0.6 is 0 Å². The van der Waals surface area contributed by atoms with E-state index in [2.05, 4.69) is 20.1 Å². The minimum Gasteiger partial charge on any atom is -0.491 e. The molecule has 0 heterocycles. The lowest BCUT2D eigenvalue weighted by Gasteiger charge is -2.28. The molecule has 8 heteroatoms. The maximum atomic E-state index is 11.9. The molecular weight excluding hydrogens is 488 g/mol. The number of rotatable bonds is 18. The van der Waals surface area contributed by atoms with Crippen molar-refractivity contribution in [3.8, 4) is 5.75 Å². The molecule has 8 nitrogen and oxygen atoms in total. The van der Waals surface area contributed by atoms with Crippen molar-refractivity contribution in [2.45, 2.75) is 70.3 Å². The van der Waals surface area contributed by atoms with Gasteiger partial charge in [-0.15, -0.1) is 0 Å². The largest absolute Gasteiger partial charge is 0.491 e. The second-order valence-corrected chi connectivity index (χ2v) is 9.84. The first kappa shape index (κ1) is 31.5. The number of hydrogen-bond donors (Lipinski definition) is 2. The number of benzene rings is 1. The van der Waals surface area contributed by atoms with E-state index in [4.69, 9.17) is 29.2 Å². The van der Waals surface area contributed by atoms with Crippen LogP contribution in [0.25, 0.3) is 0 Å². The highest BCUT2D eigenvalue weighted by Gasteiger charge is 2.22. The van der Waals surface area contributed by atoms with Gasteiger partial charge in [-0.2, -0.15) is 0 Å². The molecule has 0 amide bonds. The van der Waals surface area contributed by atoms with E-state index in [9.17, 15) is 9.59 Å². The number of esters is 2. The number of aliphatic hydroxyl groups is 2. The lowest BCUT2D eigenvalue weighted by molar-refractivity contribution is -0.142. The van der Waals surface area contributed by atoms with E-state index in [1.54, 1.807) is 12.1 Å². The lowest BCUT2D eigenvalue weighted by Crippen LogP contribution is -2.23. The van der Waals surface area contributed by atoms with Crippen molar-refractivity contribution in [1.29, 1.82) is 0 Å². The molecule has 0 spiro atoms. The highest BCUT2D eigenvalue weighted by molar-refractivity contribution is 5.88. The van der Waals surface area contributed by atoms with Crippen LogP contribution in [-0.2, 0) is 23.8 Å². The van der Waals surface area contributed by atoms with Crippen molar-refractivity contribution >= 4 is 11.9 Å². The molecule has 1 fully saturated rings. The molecule has 1 aromatic carbocycles. The summed E-state index contributed by atoms with van der Waals surface area (Å²) in [5.41, 5.74) is 0.620. The van der Waals surface area contributed by atoms with Gasteiger partial charge >= 0.3 is 11.9 Å². The monoisotopic (exact) mass is 532 g/mol. The van der Waals surface area contributed by atoms with Crippen LogP contribution in [0, 0.1) is 5.92 Å². The number of carbonyl (C=O) groups excluding carboxylic acids is 2. The number of hydrogen-bond acceptors (Lipinski definition) is 8. The highest BCUT2D eigenvalue weighted by atomic mass is 16.5. The van der Waals surface area contributed by atoms with Gasteiger partial charge in [0.1, 0.15) is 25.6 Å². The van der Waals surface area contributed by atoms with Gasteiger partial charge in [-0.25, -0.2) is 9.59 Å². The topological polar surface area (TPSA) is 112 Å². The van der Waals surface area contributed by atoms with Crippen molar-refractivity contribution < 1.29 is 38.7 Å². The smallest absolute Gasteiger partial charge is 0.335 e. The molecule has 38 heavy (non-hydrogen) atoms. The van der Waals surface area contributed by atoms with E-state index >= 15 is 0 Å². The maximum Gasteiger partial charge on any atom is 0.335 e. The normalized spacial score (nSPS) is 17.2. The van der Waals surface area contributed by atoms with Crippen molar-refractivity contribution in [3.05, 3.63) is 54.1 Å². The number of ether oxygens (including phenoxy) is 4. The third-order valence-electron chi connectivity index (χ3n) is 6.86. The van der Waals surface area contributed by atoms with Crippen LogP contribution in [-0.4, -0.2) is 67.9 Å². The fourth-order valence-corrected chi connectivity index (χ4v) is 4.41. The molecule has 0 bridgehead atoms. The first-order chi connectivity index (χ1) is 18.4. The molecule has 2 N–H and O–H groups in total. The quantitative estimate of drug-likeness (QED) is 0.162. The standard InChI is InChI=1S/C30H44O8/c1-4-5-6-7-24-8-12-27(13-9-24)35-16-17-36-28-14-10-25(11-15-28)26(20-37-29(33)22(2)18-31)21-38-30(34)23(3)19-32/h10-11,14-15,24,26-27,31-32H,2-9,12-13,16-21H2,1H3. The Kier molecular flexibility index (Phi) is 14.7. The highest BCUT2D eigenvalue weighted by Crippen LogP contribution is 2.30. The number of unbranched alkanes of at least 4 members (excludes halogenated alkanes) is 2. The first-order valence-corrected chi connectivity index (χ1v) is 13.6. The van der Waals surface area contributed by atoms with E-state index in [1.807, 2.05) is 12.1 Å². The molecule has 1 saturated carbocycles. The van der Waals surface area contributed by atoms with Crippen molar-refractivity contribution in [2.24, 2.45) is 5.92 Å². The summed E-state index contributed by atoms with van der Waals surface area (Å²) in [6.07, 6.45) is 10.4. The molecule has 1 aliphatic rings. The zero-order valence-electron chi connectivity index (χ0n) is 22.7. The van der Waals surface area contributed by atoms with E-state index in [1.165, 1.54) is 38.5 Å². The van der Waals surface area contributed by atoms with E-state index in [-0.39, 0.29) is 24.4 Å². The van der Waals surface area contributed by atoms with Crippen molar-refractivity contribution in [1.82, 2.24) is 0 Å². The average molecular weight is 533 g/mol. The Morgan fingerprint density at radius 3 is 2.00 bits per heavy atom. The second kappa shape index (κ2) is 17.8. The molecule has 0 radical (unpaired) electrons. The first-order valence-electron chi connectivity index (χ1n) is 13.6. The fourth-order valence-electron chi connectivity index (χ4n) is 4.41. The van der Waals surface area contributed by atoms with Gasteiger partial charge in [0, 0.05) is 0 Å². The summed E-state index contributed by atoms with van der Waals surface area (Å²) >= 11 is 0. The predicted octanol–water partition coefficient (Wildman–Crippen LogP) is 4.49. The maximum absolute atomic E-state index is 11.9. The summed E-state index contributed by atoms with van der Waals surface area (Å²) in [5, 5.41) is 18.1. The molecule has 0 unspecified atom stereocenters. The van der Waals surface area contributed by atoms with E-state index in [0.717, 1.165) is 24.3 Å². The minimum atomic E-state index is -0.728. The van der Waals surface area contributed by atoms with Crippen LogP contribution in [0.5, 0.6) is 5.75 Å². The summed E-state index contributed by atoms with van der Waals surface area (Å²) in [6, 6.07) is 7.22. The predicted molar refractivity (Wildman–Crippen MR) is 145 cm³/mol. The Bertz CT molecular complexity index is 839. The van der Waals surface area contributed by atoms with Crippen LogP contribution < -0.4 is 4.74 Å². The number of aliphatic hydroxyl groups excluding tert-OH is 2. The SMILES string of the molecule is C=C(CO)C(=O)OCC(COC(=O)C(=C)CO)c1ccc(OCCOC2CCC(CCCCC)CC2)cc1. The zero-order chi connectivity index (χ0) is 27.8. The molecule has 1 aliphatic carbocycles. The molecule has 2 rings (SSSR count). The molecule has 0 aromatic heterocycles. The minimum absolute atomic E-state index is 0.0691. The summed E-state index contributed by atoms with van der Waals surface area (Å²) in [6.45, 7) is 8.92. The summed E-state index contributed by atoms with van der Waals surface area (Å²) in [5.74, 6) is -0.404. The van der Waals surface area contributed by atoms with Gasteiger partial charge in [-0.3, -0.25) is 0 Å². The molecule has 0 aliphatic heterocycles. The van der Waals surface area contributed by atoms with Crippen molar-refractivity contribution in [3.63, 3.8) is 0 Å². The van der Waals surface area contributed by atoms with Gasteiger partial charge in [0.25, 0.3) is 0 Å². The van der Waals surface area contributed by atoms with Crippen LogP contribution in [0.2, 0.25) is 0 Å². The Morgan fingerprint density at radius 2 is 1.47 bits per heavy atom. The molecule has 0 saturated heterocycles. The molecule has 0 atom stereocenters. The fraction of sp³-hybridized carbons (Fsp3) is 0.600. The van der Waals surface area contributed by atoms with Gasteiger partial charge in [0.2, 0.25) is 0 Å². The average Bonchev–Trinajstić information content (AvgIpc) is 2.95. The summed E-state index contributed by atoms with van der Waals surface area (Å²) in [7, 11) is 0. The third-order valence-corrected chi connectivity index (χ3v) is 6.86.